The number of aromatic amines is 1. The van der Waals surface area contributed by atoms with Crippen LogP contribution in [0, 0.1) is 5.41 Å². The van der Waals surface area contributed by atoms with Crippen LogP contribution in [0.2, 0.25) is 5.02 Å². The fraction of sp³-hybridized carbons (Fsp3) is 0.321. The van der Waals surface area contributed by atoms with Gasteiger partial charge in [-0.15, -0.1) is 0 Å². The van der Waals surface area contributed by atoms with Crippen LogP contribution in [-0.4, -0.2) is 57.3 Å². The van der Waals surface area contributed by atoms with Crippen molar-refractivity contribution < 1.29 is 9.53 Å². The van der Waals surface area contributed by atoms with E-state index in [9.17, 15) is 14.4 Å². The smallest absolute Gasteiger partial charge is 0.334 e. The number of H-pyrrole nitrogens is 1. The number of nitrogens with two attached hydrogens (primary N) is 1. The van der Waals surface area contributed by atoms with Crippen LogP contribution in [-0.2, 0) is 4.74 Å². The molecule has 4 aromatic rings. The first kappa shape index (κ1) is 26.2. The number of piperidine rings is 1. The molecule has 12 heteroatoms. The molecule has 2 aromatic heterocycles. The number of halogens is 1. The Hall–Kier alpha value is -4.06. The van der Waals surface area contributed by atoms with Crippen molar-refractivity contribution in [2.45, 2.75) is 31.9 Å². The van der Waals surface area contributed by atoms with Crippen LogP contribution in [0.4, 0.5) is 11.5 Å². The van der Waals surface area contributed by atoms with Crippen LogP contribution in [0.15, 0.2) is 64.3 Å². The maximum absolute atomic E-state index is 13.4. The second-order valence-electron chi connectivity index (χ2n) is 10.3. The first-order chi connectivity index (χ1) is 19.3. The minimum Gasteiger partial charge on any atom is -0.376 e. The number of nitrogens with zero attached hydrogens (tertiary/aromatic N) is 4. The molecule has 0 aliphatic carbocycles. The molecule has 0 saturated carbocycles. The SMILES string of the molecule is C[C@@H]1OCC2(CCN(c3cnc4c(=O)n(-c5cccc(NC(=O)c6ccccc6)c5Cl)c(=O)[nH]c4n3)CC2)[C@@H]1N. The molecular weight excluding hydrogens is 534 g/mol. The number of hydrogen-bond donors (Lipinski definition) is 3. The summed E-state index contributed by atoms with van der Waals surface area (Å²) in [5, 5.41) is 2.77. The van der Waals surface area contributed by atoms with Gasteiger partial charge in [-0.2, -0.15) is 0 Å². The summed E-state index contributed by atoms with van der Waals surface area (Å²) in [7, 11) is 0. The zero-order chi connectivity index (χ0) is 28.0. The number of amides is 1. The lowest BCUT2D eigenvalue weighted by Crippen LogP contribution is -2.50. The molecule has 11 nitrogen and oxygen atoms in total. The first-order valence-corrected chi connectivity index (χ1v) is 13.4. The Morgan fingerprint density at radius 3 is 2.60 bits per heavy atom. The van der Waals surface area contributed by atoms with Gasteiger partial charge in [-0.1, -0.05) is 35.9 Å². The van der Waals surface area contributed by atoms with Crippen LogP contribution in [0.25, 0.3) is 16.9 Å². The van der Waals surface area contributed by atoms with Crippen molar-refractivity contribution in [3.05, 3.63) is 86.2 Å². The van der Waals surface area contributed by atoms with Crippen molar-refractivity contribution in [1.29, 1.82) is 0 Å². The number of rotatable bonds is 4. The third-order valence-electron chi connectivity index (χ3n) is 8.03. The number of nitrogens with one attached hydrogen (secondary N) is 2. The standard InChI is InChI=1S/C28H28ClN7O4/c1-16-23(30)28(15-40-16)10-12-35(13-11-28)20-14-31-22-24(33-20)34-27(39)36(26(22)38)19-9-5-8-18(21(19)29)32-25(37)17-6-3-2-4-7-17/h2-9,14,16,23H,10-13,15,30H2,1H3,(H,32,37)(H,33,34,39)/t16-,23+/m0/s1. The Balaban J connectivity index is 1.29. The summed E-state index contributed by atoms with van der Waals surface area (Å²) in [4.78, 5) is 52.9. The predicted molar refractivity (Wildman–Crippen MR) is 152 cm³/mol. The van der Waals surface area contributed by atoms with E-state index in [2.05, 4.69) is 25.2 Å². The fourth-order valence-corrected chi connectivity index (χ4v) is 5.83. The normalized spacial score (nSPS) is 20.2. The van der Waals surface area contributed by atoms with Crippen molar-refractivity contribution in [1.82, 2.24) is 19.5 Å². The van der Waals surface area contributed by atoms with E-state index in [1.165, 1.54) is 12.3 Å². The second kappa shape index (κ2) is 10.2. The van der Waals surface area contributed by atoms with E-state index < -0.39 is 11.2 Å². The first-order valence-electron chi connectivity index (χ1n) is 13.1. The summed E-state index contributed by atoms with van der Waals surface area (Å²) in [5.41, 5.74) is 5.87. The van der Waals surface area contributed by atoms with Gasteiger partial charge in [0.15, 0.2) is 11.2 Å². The molecule has 2 saturated heterocycles. The molecule has 0 radical (unpaired) electrons. The molecule has 1 amide bonds. The lowest BCUT2D eigenvalue weighted by Gasteiger charge is -2.41. The zero-order valence-electron chi connectivity index (χ0n) is 21.8. The molecule has 2 fully saturated rings. The van der Waals surface area contributed by atoms with Gasteiger partial charge in [0.1, 0.15) is 5.82 Å². The number of hydrogen-bond acceptors (Lipinski definition) is 8. The minimum atomic E-state index is -0.724. The van der Waals surface area contributed by atoms with Crippen LogP contribution < -0.4 is 27.2 Å². The van der Waals surface area contributed by atoms with Crippen LogP contribution in [0.1, 0.15) is 30.1 Å². The van der Waals surface area contributed by atoms with E-state index in [1.807, 2.05) is 6.92 Å². The highest BCUT2D eigenvalue weighted by atomic mass is 35.5. The van der Waals surface area contributed by atoms with E-state index in [1.54, 1.807) is 42.5 Å². The molecule has 2 aliphatic rings. The van der Waals surface area contributed by atoms with Gasteiger partial charge in [0, 0.05) is 30.1 Å². The monoisotopic (exact) mass is 561 g/mol. The summed E-state index contributed by atoms with van der Waals surface area (Å²) in [6.07, 6.45) is 3.28. The van der Waals surface area contributed by atoms with Gasteiger partial charge in [0.2, 0.25) is 0 Å². The minimum absolute atomic E-state index is 0.00772. The second-order valence-corrected chi connectivity index (χ2v) is 10.7. The summed E-state index contributed by atoms with van der Waals surface area (Å²) in [6.45, 7) is 4.08. The maximum atomic E-state index is 13.4. The molecule has 2 aromatic carbocycles. The number of benzene rings is 2. The highest BCUT2D eigenvalue weighted by Gasteiger charge is 2.47. The Bertz CT molecular complexity index is 1710. The highest BCUT2D eigenvalue weighted by Crippen LogP contribution is 2.41. The van der Waals surface area contributed by atoms with Crippen molar-refractivity contribution in [3.8, 4) is 5.69 Å². The van der Waals surface area contributed by atoms with E-state index in [-0.39, 0.29) is 51.0 Å². The Kier molecular flexibility index (Phi) is 6.65. The molecular formula is C28H28ClN7O4. The van der Waals surface area contributed by atoms with Crippen LogP contribution in [0.5, 0.6) is 0 Å². The largest absolute Gasteiger partial charge is 0.376 e. The third-order valence-corrected chi connectivity index (χ3v) is 8.42. The molecule has 0 bridgehead atoms. The van der Waals surface area contributed by atoms with Crippen molar-refractivity contribution in [2.75, 3.05) is 29.9 Å². The van der Waals surface area contributed by atoms with Gasteiger partial charge >= 0.3 is 5.69 Å². The van der Waals surface area contributed by atoms with E-state index in [0.717, 1.165) is 17.4 Å². The Labute approximate surface area is 234 Å². The van der Waals surface area contributed by atoms with Gasteiger partial charge in [-0.25, -0.2) is 19.3 Å². The van der Waals surface area contributed by atoms with Crippen LogP contribution >= 0.6 is 11.6 Å². The molecule has 6 rings (SSSR count). The van der Waals surface area contributed by atoms with Crippen molar-refractivity contribution >= 4 is 40.2 Å². The van der Waals surface area contributed by atoms with Gasteiger partial charge in [-0.05, 0) is 44.0 Å². The van der Waals surface area contributed by atoms with Gasteiger partial charge < -0.3 is 20.7 Å². The fourth-order valence-electron chi connectivity index (χ4n) is 5.58. The Morgan fingerprint density at radius 2 is 1.90 bits per heavy atom. The number of carbonyl (C=O) groups is 1. The predicted octanol–water partition coefficient (Wildman–Crippen LogP) is 2.71. The molecule has 4 N–H and O–H groups in total. The third kappa shape index (κ3) is 4.45. The summed E-state index contributed by atoms with van der Waals surface area (Å²) in [5.74, 6) is 0.192. The maximum Gasteiger partial charge on any atom is 0.334 e. The van der Waals surface area contributed by atoms with E-state index >= 15 is 0 Å². The number of anilines is 2. The molecule has 2 atom stereocenters. The quantitative estimate of drug-likeness (QED) is 0.344. The molecule has 0 unspecified atom stereocenters. The number of carbonyl (C=O) groups excluding carboxylic acids is 1. The lowest BCUT2D eigenvalue weighted by molar-refractivity contribution is 0.0974. The van der Waals surface area contributed by atoms with Gasteiger partial charge in [-0.3, -0.25) is 14.6 Å². The summed E-state index contributed by atoms with van der Waals surface area (Å²) < 4.78 is 6.70. The summed E-state index contributed by atoms with van der Waals surface area (Å²) >= 11 is 6.58. The molecule has 40 heavy (non-hydrogen) atoms. The van der Waals surface area contributed by atoms with E-state index in [4.69, 9.17) is 22.1 Å². The summed E-state index contributed by atoms with van der Waals surface area (Å²) in [6, 6.07) is 13.3. The zero-order valence-corrected chi connectivity index (χ0v) is 22.5. The topological polar surface area (TPSA) is 148 Å². The average molecular weight is 562 g/mol. The molecule has 4 heterocycles. The number of aromatic nitrogens is 4. The Morgan fingerprint density at radius 1 is 1.15 bits per heavy atom. The van der Waals surface area contributed by atoms with Crippen molar-refractivity contribution in [3.63, 3.8) is 0 Å². The van der Waals surface area contributed by atoms with Crippen LogP contribution in [0.3, 0.4) is 0 Å². The average Bonchev–Trinajstić information content (AvgIpc) is 3.23. The van der Waals surface area contributed by atoms with Crippen molar-refractivity contribution in [2.24, 2.45) is 11.1 Å². The van der Waals surface area contributed by atoms with Gasteiger partial charge in [0.25, 0.3) is 11.5 Å². The highest BCUT2D eigenvalue weighted by molar-refractivity contribution is 6.35. The molecule has 2 aliphatic heterocycles. The molecule has 1 spiro atoms. The number of fused-ring (bicyclic) bond motifs is 1. The van der Waals surface area contributed by atoms with Gasteiger partial charge in [0.05, 0.1) is 35.3 Å². The number of ether oxygens (including phenoxy) is 1. The van der Waals surface area contributed by atoms with E-state index in [0.29, 0.717) is 31.1 Å². The lowest BCUT2D eigenvalue weighted by atomic mass is 9.73. The molecule has 206 valence electrons.